The van der Waals surface area contributed by atoms with Crippen LogP contribution >= 0.6 is 19.2 Å². The van der Waals surface area contributed by atoms with Gasteiger partial charge in [0.1, 0.15) is 16.8 Å². The molecular weight excluding hydrogens is 821 g/mol. The molecule has 0 saturated carbocycles. The number of imide groups is 1. The number of halogens is 1. The van der Waals surface area contributed by atoms with E-state index in [9.17, 15) is 18.9 Å². The maximum atomic E-state index is 13.2. The van der Waals surface area contributed by atoms with Crippen molar-refractivity contribution in [3.63, 3.8) is 0 Å². The molecule has 1 aromatic heterocycles. The zero-order chi connectivity index (χ0) is 42.9. The lowest BCUT2D eigenvalue weighted by atomic mass is 10.0. The Kier molecular flexibility index (Phi) is 14.4. The maximum Gasteiger partial charge on any atom is 0.362 e. The minimum absolute atomic E-state index is 0.154. The normalized spacial score (nSPS) is 17.0. The topological polar surface area (TPSA) is 188 Å². The summed E-state index contributed by atoms with van der Waals surface area (Å²) in [5.41, 5.74) is 4.74. The second-order valence-electron chi connectivity index (χ2n) is 15.2. The van der Waals surface area contributed by atoms with E-state index >= 15 is 0 Å². The Hall–Kier alpha value is -5.25. The number of nitrogens with one attached hydrogen (secondary N) is 5. The van der Waals surface area contributed by atoms with Crippen LogP contribution in [0.5, 0.6) is 5.75 Å². The van der Waals surface area contributed by atoms with Gasteiger partial charge in [0.2, 0.25) is 17.8 Å². The number of ether oxygens (including phenoxy) is 1. The summed E-state index contributed by atoms with van der Waals surface area (Å²) in [7, 11) is 0.742. The van der Waals surface area contributed by atoms with E-state index < -0.39 is 19.5 Å². The number of benzene rings is 3. The summed E-state index contributed by atoms with van der Waals surface area (Å²) in [5.74, 6) is 0.412. The first-order chi connectivity index (χ1) is 29.6. The first-order valence-electron chi connectivity index (χ1n) is 20.6. The average molecular weight is 874 g/mol. The van der Waals surface area contributed by atoms with E-state index in [-0.39, 0.29) is 29.2 Å². The standard InChI is InChI=1S/C43H53ClN9O7P/c1-58-37-25-31(13-15-34(37)49-43-47-26-33(44)40(51-43)48-35-10-6-7-11-38(35)61(57,59-2)60-3)52-22-18-29(19-23-52)45-20-8-4-5-9-21-46-30-12-14-32-28(24-30)27-53(42(32)56)36-16-17-39(54)50-41(36)55/h6-7,10-15,24-26,29,36,45-46H,4-5,8-9,16-23,27H2,1-3H3,(H,50,54,55)(H2,47,48,49,51). The third-order valence-corrected chi connectivity index (χ3v) is 13.6. The maximum absolute atomic E-state index is 13.2. The number of nitrogens with zero attached hydrogens (tertiary/aromatic N) is 4. The van der Waals surface area contributed by atoms with Crippen molar-refractivity contribution in [2.75, 3.05) is 68.4 Å². The monoisotopic (exact) mass is 873 g/mol. The van der Waals surface area contributed by atoms with Crippen LogP contribution in [0.3, 0.4) is 0 Å². The highest BCUT2D eigenvalue weighted by Crippen LogP contribution is 2.47. The third-order valence-electron chi connectivity index (χ3n) is 11.4. The Bertz CT molecular complexity index is 2270. The number of hydrogen-bond donors (Lipinski definition) is 5. The number of hydrogen-bond acceptors (Lipinski definition) is 14. The molecule has 5 N–H and O–H groups in total. The lowest BCUT2D eigenvalue weighted by Gasteiger charge is -2.34. The number of amides is 3. The molecule has 1 unspecified atom stereocenters. The highest BCUT2D eigenvalue weighted by molar-refractivity contribution is 7.62. The van der Waals surface area contributed by atoms with Crippen LogP contribution in [0.15, 0.2) is 66.9 Å². The smallest absolute Gasteiger partial charge is 0.362 e. The van der Waals surface area contributed by atoms with Crippen LogP contribution in [-0.2, 0) is 29.7 Å². The van der Waals surface area contributed by atoms with Gasteiger partial charge in [-0.25, -0.2) is 4.98 Å². The number of piperidine rings is 2. The third kappa shape index (κ3) is 10.4. The molecule has 0 spiro atoms. The fourth-order valence-corrected chi connectivity index (χ4v) is 9.38. The Balaban J connectivity index is 0.811. The molecule has 16 nitrogen and oxygen atoms in total. The minimum atomic E-state index is -3.56. The molecule has 4 aromatic rings. The second-order valence-corrected chi connectivity index (χ2v) is 17.8. The van der Waals surface area contributed by atoms with Crippen molar-refractivity contribution in [1.82, 2.24) is 25.5 Å². The van der Waals surface area contributed by atoms with Crippen molar-refractivity contribution in [3.8, 4) is 5.75 Å². The second kappa shape index (κ2) is 20.1. The van der Waals surface area contributed by atoms with Gasteiger partial charge in [-0.15, -0.1) is 0 Å². The number of carbonyl (C=O) groups is 3. The number of para-hydroxylation sites is 1. The Morgan fingerprint density at radius 1 is 0.885 bits per heavy atom. The average Bonchev–Trinajstić information content (AvgIpc) is 3.60. The summed E-state index contributed by atoms with van der Waals surface area (Å²) in [6, 6.07) is 18.6. The molecule has 61 heavy (non-hydrogen) atoms. The van der Waals surface area contributed by atoms with Crippen LogP contribution in [0.2, 0.25) is 5.02 Å². The van der Waals surface area contributed by atoms with Crippen LogP contribution in [0.1, 0.15) is 67.3 Å². The summed E-state index contributed by atoms with van der Waals surface area (Å²) in [5, 5.41) is 16.6. The Morgan fingerprint density at radius 3 is 2.41 bits per heavy atom. The van der Waals surface area contributed by atoms with Crippen LogP contribution in [0.4, 0.5) is 34.5 Å². The van der Waals surface area contributed by atoms with Gasteiger partial charge in [0.05, 0.1) is 30.0 Å². The van der Waals surface area contributed by atoms with Gasteiger partial charge in [0, 0.05) is 75.9 Å². The number of rotatable bonds is 19. The molecule has 2 fully saturated rings. The highest BCUT2D eigenvalue weighted by Gasteiger charge is 2.39. The number of methoxy groups -OCH3 is 1. The fourth-order valence-electron chi connectivity index (χ4n) is 8.00. The van der Waals surface area contributed by atoms with Crippen molar-refractivity contribution < 1.29 is 32.7 Å². The van der Waals surface area contributed by atoms with Crippen LogP contribution in [-0.4, -0.2) is 92.2 Å². The highest BCUT2D eigenvalue weighted by atomic mass is 35.5. The SMILES string of the molecule is COc1cc(N2CCC(NCCCCCCNc3ccc4c(c3)CN(C3CCC(=O)NC3=O)C4=O)CC2)ccc1Nc1ncc(Cl)c(Nc2ccccc2P(=O)(OC)OC)n1. The molecule has 18 heteroatoms. The number of aromatic nitrogens is 2. The van der Waals surface area contributed by atoms with Crippen molar-refractivity contribution in [2.45, 2.75) is 70.0 Å². The minimum Gasteiger partial charge on any atom is -0.494 e. The summed E-state index contributed by atoms with van der Waals surface area (Å²) in [6.45, 7) is 4.08. The molecule has 1 atom stereocenters. The predicted molar refractivity (Wildman–Crippen MR) is 237 cm³/mol. The summed E-state index contributed by atoms with van der Waals surface area (Å²) in [6.07, 6.45) is 8.62. The van der Waals surface area contributed by atoms with Crippen LogP contribution in [0, 0.1) is 0 Å². The lowest BCUT2D eigenvalue weighted by molar-refractivity contribution is -0.136. The molecule has 3 amide bonds. The van der Waals surface area contributed by atoms with Gasteiger partial charge in [-0.3, -0.25) is 24.3 Å². The quantitative estimate of drug-likeness (QED) is 0.0379. The number of fused-ring (bicyclic) bond motifs is 1. The summed E-state index contributed by atoms with van der Waals surface area (Å²) < 4.78 is 29.4. The van der Waals surface area contributed by atoms with Crippen LogP contribution in [0.25, 0.3) is 0 Å². The fraction of sp³-hybridized carbons (Fsp3) is 0.419. The van der Waals surface area contributed by atoms with Gasteiger partial charge in [-0.05, 0) is 86.7 Å². The number of unbranched alkanes of at least 4 members (excludes halogenated alkanes) is 3. The zero-order valence-corrected chi connectivity index (χ0v) is 36.3. The predicted octanol–water partition coefficient (Wildman–Crippen LogP) is 6.73. The molecule has 7 rings (SSSR count). The van der Waals surface area contributed by atoms with E-state index in [1.807, 2.05) is 30.3 Å². The van der Waals surface area contributed by atoms with Gasteiger partial charge >= 0.3 is 7.60 Å². The van der Waals surface area contributed by atoms with Gasteiger partial charge in [-0.1, -0.05) is 36.6 Å². The molecule has 3 aliphatic rings. The molecule has 0 radical (unpaired) electrons. The van der Waals surface area contributed by atoms with Crippen molar-refractivity contribution >= 4 is 76.7 Å². The molecular formula is C43H53ClN9O7P. The van der Waals surface area contributed by atoms with Crippen molar-refractivity contribution in [3.05, 3.63) is 83.0 Å². The molecule has 3 aliphatic heterocycles. The van der Waals surface area contributed by atoms with E-state index in [2.05, 4.69) is 47.5 Å². The number of carbonyl (C=O) groups excluding carboxylic acids is 3. The van der Waals surface area contributed by atoms with E-state index in [4.69, 9.17) is 25.4 Å². The molecule has 3 aromatic carbocycles. The zero-order valence-electron chi connectivity index (χ0n) is 34.7. The molecule has 0 aliphatic carbocycles. The summed E-state index contributed by atoms with van der Waals surface area (Å²) >= 11 is 6.47. The van der Waals surface area contributed by atoms with Crippen molar-refractivity contribution in [1.29, 1.82) is 0 Å². The lowest BCUT2D eigenvalue weighted by Crippen LogP contribution is -2.52. The summed E-state index contributed by atoms with van der Waals surface area (Å²) in [4.78, 5) is 49.8. The number of anilines is 6. The molecule has 324 valence electrons. The van der Waals surface area contributed by atoms with E-state index in [0.717, 1.165) is 81.6 Å². The van der Waals surface area contributed by atoms with Gasteiger partial charge in [-0.2, -0.15) is 4.98 Å². The largest absolute Gasteiger partial charge is 0.494 e. The first-order valence-corrected chi connectivity index (χ1v) is 22.6. The van der Waals surface area contributed by atoms with Crippen molar-refractivity contribution in [2.24, 2.45) is 0 Å². The van der Waals surface area contributed by atoms with Gasteiger partial charge in [0.15, 0.2) is 5.82 Å². The van der Waals surface area contributed by atoms with E-state index in [0.29, 0.717) is 52.8 Å². The van der Waals surface area contributed by atoms with Gasteiger partial charge in [0.25, 0.3) is 5.91 Å². The molecule has 4 heterocycles. The van der Waals surface area contributed by atoms with Gasteiger partial charge < -0.3 is 44.9 Å². The molecule has 2 saturated heterocycles. The van der Waals surface area contributed by atoms with Crippen LogP contribution < -0.4 is 41.5 Å². The molecule has 0 bridgehead atoms. The van der Waals surface area contributed by atoms with E-state index in [1.54, 1.807) is 36.3 Å². The first kappa shape index (κ1) is 43.8. The Labute approximate surface area is 361 Å². The Morgan fingerprint density at radius 2 is 1.66 bits per heavy atom. The van der Waals surface area contributed by atoms with E-state index in [1.165, 1.54) is 20.4 Å².